The van der Waals surface area contributed by atoms with E-state index in [1.165, 1.54) is 11.3 Å². The second-order valence-corrected chi connectivity index (χ2v) is 7.54. The van der Waals surface area contributed by atoms with Crippen LogP contribution in [0.5, 0.6) is 5.75 Å². The van der Waals surface area contributed by atoms with Gasteiger partial charge in [-0.2, -0.15) is 0 Å². The van der Waals surface area contributed by atoms with Gasteiger partial charge in [0.25, 0.3) is 11.8 Å². The van der Waals surface area contributed by atoms with Crippen LogP contribution < -0.4 is 15.0 Å². The Hall–Kier alpha value is -2.45. The zero-order valence-corrected chi connectivity index (χ0v) is 15.4. The van der Waals surface area contributed by atoms with Crippen molar-refractivity contribution in [1.82, 2.24) is 4.98 Å². The third-order valence-corrected chi connectivity index (χ3v) is 5.45. The first-order chi connectivity index (χ1) is 12.5. The Balaban J connectivity index is 1.59. The first kappa shape index (κ1) is 17.0. The van der Waals surface area contributed by atoms with E-state index in [0.29, 0.717) is 17.5 Å². The fourth-order valence-corrected chi connectivity index (χ4v) is 3.95. The van der Waals surface area contributed by atoms with Gasteiger partial charge in [-0.05, 0) is 38.0 Å². The van der Waals surface area contributed by atoms with Crippen LogP contribution in [0.25, 0.3) is 11.3 Å². The molecule has 1 aromatic heterocycles. The Kier molecular flexibility index (Phi) is 4.37. The molecule has 2 aromatic rings. The largest absolute Gasteiger partial charge is 0.482 e. The maximum Gasteiger partial charge on any atom is 0.264 e. The van der Waals surface area contributed by atoms with Crippen molar-refractivity contribution in [2.24, 2.45) is 0 Å². The molecule has 7 nitrogen and oxygen atoms in total. The van der Waals surface area contributed by atoms with E-state index >= 15 is 0 Å². The number of carbonyl (C=O) groups excluding carboxylic acids is 2. The lowest BCUT2D eigenvalue weighted by Crippen LogP contribution is -2.35. The third kappa shape index (κ3) is 3.06. The summed E-state index contributed by atoms with van der Waals surface area (Å²) in [6, 6.07) is 5.65. The normalized spacial score (nSPS) is 19.2. The molecule has 136 valence electrons. The van der Waals surface area contributed by atoms with Gasteiger partial charge in [-0.15, -0.1) is 11.3 Å². The summed E-state index contributed by atoms with van der Waals surface area (Å²) >= 11 is 1.42. The Bertz CT molecular complexity index is 873. The highest BCUT2D eigenvalue weighted by Crippen LogP contribution is 2.37. The molecule has 1 aromatic carbocycles. The maximum atomic E-state index is 12.2. The molecule has 1 saturated heterocycles. The van der Waals surface area contributed by atoms with Crippen molar-refractivity contribution in [3.63, 3.8) is 0 Å². The Morgan fingerprint density at radius 3 is 3.04 bits per heavy atom. The van der Waals surface area contributed by atoms with Gasteiger partial charge in [-0.1, -0.05) is 0 Å². The van der Waals surface area contributed by atoms with E-state index in [9.17, 15) is 9.59 Å². The van der Waals surface area contributed by atoms with Crippen molar-refractivity contribution in [2.75, 3.05) is 30.5 Å². The minimum absolute atomic E-state index is 0.0536. The van der Waals surface area contributed by atoms with Gasteiger partial charge in [0.1, 0.15) is 11.9 Å². The minimum Gasteiger partial charge on any atom is -0.482 e. The van der Waals surface area contributed by atoms with E-state index in [0.717, 1.165) is 34.7 Å². The third-order valence-electron chi connectivity index (χ3n) is 4.57. The van der Waals surface area contributed by atoms with Crippen molar-refractivity contribution < 1.29 is 19.1 Å². The molecule has 1 fully saturated rings. The topological polar surface area (TPSA) is 80.8 Å². The Labute approximate surface area is 154 Å². The molecule has 0 aliphatic carbocycles. The number of likely N-dealkylation sites (N-methyl/N-ethyl adjacent to an activating group) is 1. The van der Waals surface area contributed by atoms with Crippen LogP contribution >= 0.6 is 11.3 Å². The monoisotopic (exact) mass is 373 g/mol. The number of carbonyl (C=O) groups is 2. The molecule has 0 saturated carbocycles. The quantitative estimate of drug-likeness (QED) is 0.894. The van der Waals surface area contributed by atoms with Gasteiger partial charge in [0.05, 0.1) is 11.4 Å². The molecule has 0 bridgehead atoms. The fourth-order valence-electron chi connectivity index (χ4n) is 3.11. The van der Waals surface area contributed by atoms with E-state index in [-0.39, 0.29) is 24.5 Å². The summed E-state index contributed by atoms with van der Waals surface area (Å²) in [5, 5.41) is 3.40. The second-order valence-electron chi connectivity index (χ2n) is 6.34. The summed E-state index contributed by atoms with van der Waals surface area (Å²) in [6.07, 6.45) is 1.26. The number of fused-ring (bicyclic) bond motifs is 1. The summed E-state index contributed by atoms with van der Waals surface area (Å²) < 4.78 is 10.9. The lowest BCUT2D eigenvalue weighted by Gasteiger charge is -2.26. The lowest BCUT2D eigenvalue weighted by atomic mass is 10.1. The van der Waals surface area contributed by atoms with Gasteiger partial charge < -0.3 is 14.4 Å². The van der Waals surface area contributed by atoms with E-state index < -0.39 is 0 Å². The van der Waals surface area contributed by atoms with Crippen molar-refractivity contribution in [2.45, 2.75) is 25.9 Å². The molecule has 8 heteroatoms. The van der Waals surface area contributed by atoms with E-state index in [4.69, 9.17) is 9.47 Å². The van der Waals surface area contributed by atoms with Crippen LogP contribution in [0, 0.1) is 6.92 Å². The number of benzene rings is 1. The number of hydrogen-bond donors (Lipinski definition) is 1. The Morgan fingerprint density at radius 1 is 1.42 bits per heavy atom. The van der Waals surface area contributed by atoms with Crippen molar-refractivity contribution in [1.29, 1.82) is 0 Å². The van der Waals surface area contributed by atoms with Crippen LogP contribution in [0.2, 0.25) is 0 Å². The molecule has 1 atom stereocenters. The first-order valence-corrected chi connectivity index (χ1v) is 9.28. The predicted octanol–water partition coefficient (Wildman–Crippen LogP) is 2.59. The molecule has 0 spiro atoms. The highest BCUT2D eigenvalue weighted by Gasteiger charge is 2.26. The maximum absolute atomic E-state index is 12.2. The van der Waals surface area contributed by atoms with Crippen molar-refractivity contribution in [3.05, 3.63) is 23.1 Å². The van der Waals surface area contributed by atoms with E-state index in [1.807, 2.05) is 25.1 Å². The average Bonchev–Trinajstić information content (AvgIpc) is 3.28. The summed E-state index contributed by atoms with van der Waals surface area (Å²) in [5.74, 6) is 0.441. The number of rotatable bonds is 3. The molecular formula is C18H19N3O4S. The summed E-state index contributed by atoms with van der Waals surface area (Å²) in [4.78, 5) is 31.2. The number of amides is 2. The summed E-state index contributed by atoms with van der Waals surface area (Å²) in [5.41, 5.74) is 2.38. The number of nitrogens with one attached hydrogen (secondary N) is 1. The number of aromatic nitrogens is 1. The fraction of sp³-hybridized carbons (Fsp3) is 0.389. The van der Waals surface area contributed by atoms with Crippen molar-refractivity contribution in [3.8, 4) is 17.0 Å². The van der Waals surface area contributed by atoms with E-state index in [2.05, 4.69) is 10.3 Å². The molecule has 1 unspecified atom stereocenters. The Morgan fingerprint density at radius 2 is 2.27 bits per heavy atom. The van der Waals surface area contributed by atoms with Crippen LogP contribution in [0.1, 0.15) is 17.7 Å². The molecule has 1 N–H and O–H groups in total. The van der Waals surface area contributed by atoms with Crippen LogP contribution in [0.3, 0.4) is 0 Å². The highest BCUT2D eigenvalue weighted by atomic mass is 32.1. The smallest absolute Gasteiger partial charge is 0.264 e. The van der Waals surface area contributed by atoms with Crippen LogP contribution in [-0.2, 0) is 14.3 Å². The lowest BCUT2D eigenvalue weighted by molar-refractivity contribution is -0.124. The first-order valence-electron chi connectivity index (χ1n) is 8.46. The number of hydrogen-bond acceptors (Lipinski definition) is 6. The molecule has 4 rings (SSSR count). The number of ether oxygens (including phenoxy) is 2. The van der Waals surface area contributed by atoms with Crippen molar-refractivity contribution >= 4 is 34.0 Å². The van der Waals surface area contributed by atoms with Gasteiger partial charge in [-0.3, -0.25) is 14.9 Å². The number of nitrogens with zero attached hydrogens (tertiary/aromatic N) is 2. The molecular weight excluding hydrogens is 354 g/mol. The average molecular weight is 373 g/mol. The van der Waals surface area contributed by atoms with Gasteiger partial charge >= 0.3 is 0 Å². The van der Waals surface area contributed by atoms with Gasteiger partial charge in [-0.25, -0.2) is 4.98 Å². The molecule has 2 aliphatic rings. The van der Waals surface area contributed by atoms with Gasteiger partial charge in [0.15, 0.2) is 11.7 Å². The van der Waals surface area contributed by atoms with Gasteiger partial charge in [0, 0.05) is 24.1 Å². The molecule has 2 amide bonds. The van der Waals surface area contributed by atoms with Crippen LogP contribution in [0.15, 0.2) is 18.2 Å². The molecule has 0 radical (unpaired) electrons. The molecule has 2 aliphatic heterocycles. The number of anilines is 2. The summed E-state index contributed by atoms with van der Waals surface area (Å²) in [7, 11) is 1.73. The summed E-state index contributed by atoms with van der Waals surface area (Å²) in [6.45, 7) is 2.64. The van der Waals surface area contributed by atoms with Gasteiger partial charge in [0.2, 0.25) is 0 Å². The van der Waals surface area contributed by atoms with Crippen LogP contribution in [0.4, 0.5) is 10.8 Å². The molecule has 26 heavy (non-hydrogen) atoms. The predicted molar refractivity (Wildman–Crippen MR) is 98.8 cm³/mol. The molecule has 3 heterocycles. The van der Waals surface area contributed by atoms with Crippen LogP contribution in [-0.4, -0.2) is 43.2 Å². The SMILES string of the molecule is Cc1sc(NC(=O)C2CCCO2)nc1-c1ccc2c(c1)N(C)C(=O)CO2. The van der Waals surface area contributed by atoms with E-state index in [1.54, 1.807) is 11.9 Å². The minimum atomic E-state index is -0.386. The second kappa shape index (κ2) is 6.69. The number of aryl methyl sites for hydroxylation is 1. The highest BCUT2D eigenvalue weighted by molar-refractivity contribution is 7.16. The standard InChI is InChI=1S/C18H19N3O4S/c1-10-16(19-18(26-10)20-17(23)14-4-3-7-24-14)11-5-6-13-12(8-11)21(2)15(22)9-25-13/h5-6,8,14H,3-4,7,9H2,1-2H3,(H,19,20,23). The zero-order valence-electron chi connectivity index (χ0n) is 14.6. The zero-order chi connectivity index (χ0) is 18.3. The number of thiazole rings is 1.